The van der Waals surface area contributed by atoms with Gasteiger partial charge in [-0.25, -0.2) is 13.2 Å². The van der Waals surface area contributed by atoms with Gasteiger partial charge in [0.25, 0.3) is 0 Å². The first-order valence-corrected chi connectivity index (χ1v) is 7.68. The van der Waals surface area contributed by atoms with Gasteiger partial charge in [0, 0.05) is 26.2 Å². The molecule has 2 aliphatic heterocycles. The van der Waals surface area contributed by atoms with Gasteiger partial charge < -0.3 is 14.9 Å². The molecule has 2 heterocycles. The summed E-state index contributed by atoms with van der Waals surface area (Å²) in [7, 11) is -3.00. The highest BCUT2D eigenvalue weighted by Crippen LogP contribution is 2.18. The van der Waals surface area contributed by atoms with Gasteiger partial charge in [0.05, 0.1) is 17.4 Å². The van der Waals surface area contributed by atoms with Crippen LogP contribution in [0, 0.1) is 5.92 Å². The first-order valence-electron chi connectivity index (χ1n) is 5.86. The Hall–Kier alpha value is -1.31. The van der Waals surface area contributed by atoms with E-state index < -0.39 is 21.7 Å². The van der Waals surface area contributed by atoms with Gasteiger partial charge in [-0.3, -0.25) is 4.79 Å². The number of likely N-dealkylation sites (tertiary alicyclic amines) is 1. The molecule has 2 aliphatic rings. The second-order valence-electron chi connectivity index (χ2n) is 4.69. The van der Waals surface area contributed by atoms with Crippen LogP contribution in [-0.2, 0) is 14.6 Å². The number of hydrogen-bond donors (Lipinski definition) is 1. The third-order valence-electron chi connectivity index (χ3n) is 3.42. The number of carbonyl (C=O) groups excluding carboxylic acids is 1. The summed E-state index contributed by atoms with van der Waals surface area (Å²) in [6.07, 6.45) is 0.465. The Labute approximate surface area is 105 Å². The first kappa shape index (κ1) is 13.1. The molecule has 0 saturated carbocycles. The maximum atomic E-state index is 12.0. The van der Waals surface area contributed by atoms with Gasteiger partial charge in [-0.15, -0.1) is 0 Å². The highest BCUT2D eigenvalue weighted by atomic mass is 32.2. The van der Waals surface area contributed by atoms with E-state index in [-0.39, 0.29) is 37.2 Å². The number of amides is 2. The summed E-state index contributed by atoms with van der Waals surface area (Å²) in [5, 5.41) is 8.86. The molecule has 8 heteroatoms. The van der Waals surface area contributed by atoms with Gasteiger partial charge in [-0.1, -0.05) is 0 Å². The van der Waals surface area contributed by atoms with E-state index in [2.05, 4.69) is 0 Å². The molecule has 7 nitrogen and oxygen atoms in total. The molecule has 0 aromatic heterocycles. The van der Waals surface area contributed by atoms with Crippen molar-refractivity contribution >= 4 is 21.8 Å². The molecular formula is C10H16N2O5S. The number of carboxylic acids is 1. The summed E-state index contributed by atoms with van der Waals surface area (Å²) in [4.78, 5) is 25.8. The quantitative estimate of drug-likeness (QED) is 0.679. The molecule has 2 rings (SSSR count). The maximum Gasteiger partial charge on any atom is 0.320 e. The van der Waals surface area contributed by atoms with Crippen molar-refractivity contribution < 1.29 is 23.1 Å². The molecule has 0 spiro atoms. The van der Waals surface area contributed by atoms with E-state index in [4.69, 9.17) is 5.11 Å². The number of carboxylic acid groups (broad SMARTS) is 1. The van der Waals surface area contributed by atoms with Crippen LogP contribution in [-0.4, -0.2) is 73.0 Å². The first-order chi connectivity index (χ1) is 8.39. The van der Waals surface area contributed by atoms with Gasteiger partial charge >= 0.3 is 12.0 Å². The third-order valence-corrected chi connectivity index (χ3v) is 5.03. The second-order valence-corrected chi connectivity index (χ2v) is 6.99. The molecule has 0 aromatic carbocycles. The van der Waals surface area contributed by atoms with Crippen LogP contribution in [0.15, 0.2) is 0 Å². The summed E-state index contributed by atoms with van der Waals surface area (Å²) in [5.74, 6) is -1.39. The lowest BCUT2D eigenvalue weighted by Crippen LogP contribution is -2.49. The maximum absolute atomic E-state index is 12.0. The topological polar surface area (TPSA) is 95.0 Å². The number of sulfone groups is 1. The van der Waals surface area contributed by atoms with E-state index >= 15 is 0 Å². The molecule has 0 aromatic rings. The molecular weight excluding hydrogens is 260 g/mol. The summed E-state index contributed by atoms with van der Waals surface area (Å²) < 4.78 is 22.5. The Morgan fingerprint density at radius 2 is 1.67 bits per heavy atom. The van der Waals surface area contributed by atoms with Crippen LogP contribution in [0.1, 0.15) is 6.42 Å². The number of carbonyl (C=O) groups is 2. The summed E-state index contributed by atoms with van der Waals surface area (Å²) in [5.41, 5.74) is 0. The number of nitrogens with zero attached hydrogens (tertiary/aromatic N) is 2. The minimum absolute atomic E-state index is 0.00502. The number of urea groups is 1. The molecule has 18 heavy (non-hydrogen) atoms. The molecule has 1 atom stereocenters. The van der Waals surface area contributed by atoms with Crippen LogP contribution < -0.4 is 0 Å². The number of aliphatic carboxylic acids is 1. The summed E-state index contributed by atoms with van der Waals surface area (Å²) in [6.45, 7) is 1.06. The third kappa shape index (κ3) is 2.74. The van der Waals surface area contributed by atoms with Crippen LogP contribution in [0.3, 0.4) is 0 Å². The van der Waals surface area contributed by atoms with Crippen molar-refractivity contribution in [3.05, 3.63) is 0 Å². The van der Waals surface area contributed by atoms with Crippen molar-refractivity contribution in [3.63, 3.8) is 0 Å². The molecule has 0 aliphatic carbocycles. The van der Waals surface area contributed by atoms with Crippen molar-refractivity contribution in [1.29, 1.82) is 0 Å². The SMILES string of the molecule is O=C(O)C1CCN(C(=O)N2CCS(=O)(=O)CC2)C1. The molecule has 0 bridgehead atoms. The molecule has 102 valence electrons. The average Bonchev–Trinajstić information content (AvgIpc) is 2.77. The van der Waals surface area contributed by atoms with Crippen molar-refractivity contribution in [2.24, 2.45) is 5.92 Å². The fourth-order valence-corrected chi connectivity index (χ4v) is 3.44. The fourth-order valence-electron chi connectivity index (χ4n) is 2.24. The van der Waals surface area contributed by atoms with Crippen LogP contribution in [0.5, 0.6) is 0 Å². The molecule has 2 saturated heterocycles. The van der Waals surface area contributed by atoms with E-state index in [1.807, 2.05) is 0 Å². The molecule has 2 fully saturated rings. The van der Waals surface area contributed by atoms with E-state index in [0.29, 0.717) is 13.0 Å². The van der Waals surface area contributed by atoms with E-state index in [1.54, 1.807) is 0 Å². The van der Waals surface area contributed by atoms with E-state index in [9.17, 15) is 18.0 Å². The lowest BCUT2D eigenvalue weighted by Gasteiger charge is -2.30. The Kier molecular flexibility index (Phi) is 3.47. The number of rotatable bonds is 1. The van der Waals surface area contributed by atoms with Crippen LogP contribution in [0.25, 0.3) is 0 Å². The highest BCUT2D eigenvalue weighted by Gasteiger charge is 2.34. The number of hydrogen-bond acceptors (Lipinski definition) is 4. The average molecular weight is 276 g/mol. The van der Waals surface area contributed by atoms with Gasteiger partial charge in [-0.05, 0) is 6.42 Å². The Bertz CT molecular complexity index is 447. The second kappa shape index (κ2) is 4.75. The normalized spacial score (nSPS) is 27.2. The van der Waals surface area contributed by atoms with Gasteiger partial charge in [0.15, 0.2) is 9.84 Å². The Balaban J connectivity index is 1.91. The van der Waals surface area contributed by atoms with Crippen molar-refractivity contribution in [2.75, 3.05) is 37.7 Å². The van der Waals surface area contributed by atoms with Crippen LogP contribution in [0.2, 0.25) is 0 Å². The zero-order valence-electron chi connectivity index (χ0n) is 9.91. The minimum atomic E-state index is -3.00. The summed E-state index contributed by atoms with van der Waals surface area (Å²) in [6, 6.07) is -0.242. The minimum Gasteiger partial charge on any atom is -0.481 e. The van der Waals surface area contributed by atoms with Gasteiger partial charge in [0.1, 0.15) is 0 Å². The van der Waals surface area contributed by atoms with Crippen LogP contribution >= 0.6 is 0 Å². The summed E-state index contributed by atoms with van der Waals surface area (Å²) >= 11 is 0. The monoisotopic (exact) mass is 276 g/mol. The molecule has 1 N–H and O–H groups in total. The van der Waals surface area contributed by atoms with Crippen molar-refractivity contribution in [1.82, 2.24) is 9.80 Å². The standard InChI is InChI=1S/C10H16N2O5S/c13-9(14)8-1-2-12(7-8)10(15)11-3-5-18(16,17)6-4-11/h8H,1-7H2,(H,13,14). The highest BCUT2D eigenvalue weighted by molar-refractivity contribution is 7.91. The smallest absolute Gasteiger partial charge is 0.320 e. The predicted molar refractivity (Wildman–Crippen MR) is 62.9 cm³/mol. The Morgan fingerprint density at radius 1 is 1.06 bits per heavy atom. The van der Waals surface area contributed by atoms with E-state index in [0.717, 1.165) is 0 Å². The lowest BCUT2D eigenvalue weighted by atomic mass is 10.1. The molecule has 2 amide bonds. The van der Waals surface area contributed by atoms with Gasteiger partial charge in [-0.2, -0.15) is 0 Å². The predicted octanol–water partition coefficient (Wildman–Crippen LogP) is -0.757. The molecule has 1 unspecified atom stereocenters. The Morgan fingerprint density at radius 3 is 2.17 bits per heavy atom. The lowest BCUT2D eigenvalue weighted by molar-refractivity contribution is -0.141. The largest absolute Gasteiger partial charge is 0.481 e. The zero-order valence-corrected chi connectivity index (χ0v) is 10.7. The van der Waals surface area contributed by atoms with E-state index in [1.165, 1.54) is 9.80 Å². The van der Waals surface area contributed by atoms with Crippen molar-refractivity contribution in [2.45, 2.75) is 6.42 Å². The molecule has 0 radical (unpaired) electrons. The zero-order chi connectivity index (χ0) is 13.3. The van der Waals surface area contributed by atoms with Gasteiger partial charge in [0.2, 0.25) is 0 Å². The fraction of sp³-hybridized carbons (Fsp3) is 0.800. The van der Waals surface area contributed by atoms with Crippen molar-refractivity contribution in [3.8, 4) is 0 Å². The van der Waals surface area contributed by atoms with Crippen LogP contribution in [0.4, 0.5) is 4.79 Å².